The first-order valence-electron chi connectivity index (χ1n) is 6.19. The number of hydrogen-bond acceptors (Lipinski definition) is 3. The predicted octanol–water partition coefficient (Wildman–Crippen LogP) is 3.48. The molecule has 0 aromatic heterocycles. The summed E-state index contributed by atoms with van der Waals surface area (Å²) in [6.45, 7) is 2.06. The van der Waals surface area contributed by atoms with Crippen LogP contribution in [0.2, 0.25) is 0 Å². The molecule has 0 aliphatic carbocycles. The molecular weight excluding hydrogens is 274 g/mol. The molecule has 0 fully saturated rings. The summed E-state index contributed by atoms with van der Waals surface area (Å²) >= 11 is 0. The van der Waals surface area contributed by atoms with E-state index in [0.29, 0.717) is 11.5 Å². The maximum Gasteiger partial charge on any atom is 0.161 e. The fourth-order valence-corrected chi connectivity index (χ4v) is 2.01. The van der Waals surface area contributed by atoms with Crippen molar-refractivity contribution in [1.82, 2.24) is 0 Å². The monoisotopic (exact) mass is 293 g/mol. The van der Waals surface area contributed by atoms with E-state index >= 15 is 0 Å². The Hall–Kier alpha value is -1.71. The Morgan fingerprint density at radius 2 is 1.40 bits per heavy atom. The molecule has 2 rings (SSSR count). The molecule has 0 saturated carbocycles. The fraction of sp³-hybridized carbons (Fsp3) is 0.250. The highest BCUT2D eigenvalue weighted by Gasteiger charge is 2.12. The second-order valence-corrected chi connectivity index (χ2v) is 4.50. The third-order valence-corrected chi connectivity index (χ3v) is 3.20. The van der Waals surface area contributed by atoms with Crippen molar-refractivity contribution in [2.24, 2.45) is 5.73 Å². The molecule has 0 aliphatic rings. The molecule has 2 N–H and O–H groups in total. The minimum Gasteiger partial charge on any atom is -0.493 e. The lowest BCUT2D eigenvalue weighted by molar-refractivity contribution is 0.354. The van der Waals surface area contributed by atoms with Gasteiger partial charge in [-0.15, -0.1) is 12.4 Å². The Morgan fingerprint density at radius 1 is 0.850 bits per heavy atom. The minimum absolute atomic E-state index is 0. The summed E-state index contributed by atoms with van der Waals surface area (Å²) in [4.78, 5) is 0. The second-order valence-electron chi connectivity index (χ2n) is 4.50. The highest BCUT2D eigenvalue weighted by atomic mass is 35.5. The maximum absolute atomic E-state index is 6.29. The summed E-state index contributed by atoms with van der Waals surface area (Å²) < 4.78 is 10.5. The van der Waals surface area contributed by atoms with Gasteiger partial charge in [0.05, 0.1) is 20.3 Å². The Morgan fingerprint density at radius 3 is 1.95 bits per heavy atom. The summed E-state index contributed by atoms with van der Waals surface area (Å²) in [5, 5.41) is 0. The average molecular weight is 294 g/mol. The van der Waals surface area contributed by atoms with Gasteiger partial charge in [-0.3, -0.25) is 0 Å². The number of hydrogen-bond donors (Lipinski definition) is 1. The van der Waals surface area contributed by atoms with E-state index in [0.717, 1.165) is 11.1 Å². The molecule has 0 radical (unpaired) electrons. The third kappa shape index (κ3) is 3.44. The van der Waals surface area contributed by atoms with Crippen LogP contribution in [0.3, 0.4) is 0 Å². The first-order valence-corrected chi connectivity index (χ1v) is 6.19. The Labute approximate surface area is 126 Å². The van der Waals surface area contributed by atoms with E-state index in [4.69, 9.17) is 15.2 Å². The van der Waals surface area contributed by atoms with Crippen LogP contribution in [-0.2, 0) is 0 Å². The van der Waals surface area contributed by atoms with E-state index in [-0.39, 0.29) is 18.4 Å². The standard InChI is InChI=1S/C16H19NO2.ClH/c1-11-4-6-12(7-5-11)16(17)13-8-9-14(18-2)15(10-13)19-3;/h4-10,16H,17H2,1-3H3;1H. The molecule has 3 nitrogen and oxygen atoms in total. The van der Waals surface area contributed by atoms with E-state index in [1.807, 2.05) is 18.2 Å². The zero-order chi connectivity index (χ0) is 13.8. The molecule has 0 heterocycles. The quantitative estimate of drug-likeness (QED) is 0.938. The molecular formula is C16H20ClNO2. The molecule has 2 aromatic carbocycles. The molecule has 2 aromatic rings. The molecule has 0 aliphatic heterocycles. The van der Waals surface area contributed by atoms with Crippen molar-refractivity contribution in [3.63, 3.8) is 0 Å². The van der Waals surface area contributed by atoms with E-state index in [2.05, 4.69) is 31.2 Å². The largest absolute Gasteiger partial charge is 0.493 e. The van der Waals surface area contributed by atoms with E-state index in [9.17, 15) is 0 Å². The van der Waals surface area contributed by atoms with Crippen LogP contribution in [0, 0.1) is 6.92 Å². The van der Waals surface area contributed by atoms with Crippen LogP contribution >= 0.6 is 12.4 Å². The predicted molar refractivity (Wildman–Crippen MR) is 84.0 cm³/mol. The third-order valence-electron chi connectivity index (χ3n) is 3.20. The van der Waals surface area contributed by atoms with Crippen LogP contribution in [0.4, 0.5) is 0 Å². The van der Waals surface area contributed by atoms with Gasteiger partial charge in [0.1, 0.15) is 0 Å². The number of nitrogens with two attached hydrogens (primary N) is 1. The van der Waals surface area contributed by atoms with Crippen molar-refractivity contribution in [3.05, 3.63) is 59.2 Å². The summed E-state index contributed by atoms with van der Waals surface area (Å²) in [5.41, 5.74) is 9.59. The lowest BCUT2D eigenvalue weighted by atomic mass is 9.98. The van der Waals surface area contributed by atoms with Gasteiger partial charge in [0.15, 0.2) is 11.5 Å². The normalized spacial score (nSPS) is 11.4. The van der Waals surface area contributed by atoms with Crippen molar-refractivity contribution in [2.45, 2.75) is 13.0 Å². The van der Waals surface area contributed by atoms with Crippen LogP contribution in [0.1, 0.15) is 22.7 Å². The van der Waals surface area contributed by atoms with E-state index in [1.165, 1.54) is 5.56 Å². The second kappa shape index (κ2) is 7.17. The van der Waals surface area contributed by atoms with Gasteiger partial charge in [-0.2, -0.15) is 0 Å². The molecule has 0 amide bonds. The summed E-state index contributed by atoms with van der Waals surface area (Å²) in [5.74, 6) is 1.41. The Kier molecular flexibility index (Phi) is 5.86. The number of methoxy groups -OCH3 is 2. The van der Waals surface area contributed by atoms with Gasteiger partial charge >= 0.3 is 0 Å². The topological polar surface area (TPSA) is 44.5 Å². The van der Waals surface area contributed by atoms with Gasteiger partial charge in [-0.1, -0.05) is 35.9 Å². The molecule has 108 valence electrons. The average Bonchev–Trinajstić information content (AvgIpc) is 2.46. The van der Waals surface area contributed by atoms with Gasteiger partial charge < -0.3 is 15.2 Å². The Balaban J connectivity index is 0.00000200. The van der Waals surface area contributed by atoms with E-state index in [1.54, 1.807) is 14.2 Å². The number of rotatable bonds is 4. The van der Waals surface area contributed by atoms with Gasteiger partial charge in [0, 0.05) is 0 Å². The molecule has 4 heteroatoms. The van der Waals surface area contributed by atoms with Crippen LogP contribution in [0.5, 0.6) is 11.5 Å². The number of benzene rings is 2. The van der Waals surface area contributed by atoms with Crippen LogP contribution in [0.25, 0.3) is 0 Å². The van der Waals surface area contributed by atoms with Crippen molar-refractivity contribution >= 4 is 12.4 Å². The first-order chi connectivity index (χ1) is 9.15. The van der Waals surface area contributed by atoms with Crippen molar-refractivity contribution in [2.75, 3.05) is 14.2 Å². The highest BCUT2D eigenvalue weighted by molar-refractivity contribution is 5.85. The molecule has 0 saturated heterocycles. The SMILES string of the molecule is COc1ccc(C(N)c2ccc(C)cc2)cc1OC.Cl. The van der Waals surface area contributed by atoms with Crippen LogP contribution in [0.15, 0.2) is 42.5 Å². The Bertz CT molecular complexity index is 555. The van der Waals surface area contributed by atoms with Crippen molar-refractivity contribution < 1.29 is 9.47 Å². The molecule has 20 heavy (non-hydrogen) atoms. The zero-order valence-electron chi connectivity index (χ0n) is 11.9. The lowest BCUT2D eigenvalue weighted by Crippen LogP contribution is -2.12. The summed E-state index contributed by atoms with van der Waals surface area (Å²) in [6.07, 6.45) is 0. The number of aryl methyl sites for hydroxylation is 1. The fourth-order valence-electron chi connectivity index (χ4n) is 2.01. The summed E-state index contributed by atoms with van der Waals surface area (Å²) in [6, 6.07) is 13.8. The van der Waals surface area contributed by atoms with Crippen molar-refractivity contribution in [3.8, 4) is 11.5 Å². The highest BCUT2D eigenvalue weighted by Crippen LogP contribution is 2.31. The van der Waals surface area contributed by atoms with Crippen molar-refractivity contribution in [1.29, 1.82) is 0 Å². The number of halogens is 1. The van der Waals surface area contributed by atoms with Crippen LogP contribution < -0.4 is 15.2 Å². The van der Waals surface area contributed by atoms with Crippen LogP contribution in [-0.4, -0.2) is 14.2 Å². The zero-order valence-corrected chi connectivity index (χ0v) is 12.7. The minimum atomic E-state index is -0.166. The van der Waals surface area contributed by atoms with Gasteiger partial charge in [0.2, 0.25) is 0 Å². The van der Waals surface area contributed by atoms with Gasteiger partial charge in [0.25, 0.3) is 0 Å². The van der Waals surface area contributed by atoms with Gasteiger partial charge in [-0.25, -0.2) is 0 Å². The van der Waals surface area contributed by atoms with E-state index < -0.39 is 0 Å². The smallest absolute Gasteiger partial charge is 0.161 e. The lowest BCUT2D eigenvalue weighted by Gasteiger charge is -2.15. The molecule has 0 spiro atoms. The molecule has 0 bridgehead atoms. The van der Waals surface area contributed by atoms with Gasteiger partial charge in [-0.05, 0) is 30.2 Å². The molecule has 1 unspecified atom stereocenters. The number of ether oxygens (including phenoxy) is 2. The molecule has 1 atom stereocenters. The first kappa shape index (κ1) is 16.3. The summed E-state index contributed by atoms with van der Waals surface area (Å²) in [7, 11) is 3.25. The maximum atomic E-state index is 6.29.